The SMILES string of the molecule is CCc1cc(CNC(=O)N2CCN(c3ccccc3OC)CC2)c(OC)nc1C. The van der Waals surface area contributed by atoms with Crippen molar-refractivity contribution >= 4 is 11.7 Å². The minimum atomic E-state index is -0.0645. The number of methoxy groups -OCH3 is 2. The summed E-state index contributed by atoms with van der Waals surface area (Å²) in [6.45, 7) is 7.33. The maximum atomic E-state index is 12.7. The summed E-state index contributed by atoms with van der Waals surface area (Å²) in [5.41, 5.74) is 4.10. The number of nitrogens with one attached hydrogen (secondary N) is 1. The number of benzene rings is 1. The number of aryl methyl sites for hydroxylation is 2. The van der Waals surface area contributed by atoms with Crippen LogP contribution in [0.3, 0.4) is 0 Å². The van der Waals surface area contributed by atoms with Crippen molar-refractivity contribution in [1.82, 2.24) is 15.2 Å². The van der Waals surface area contributed by atoms with E-state index < -0.39 is 0 Å². The number of para-hydroxylation sites is 2. The van der Waals surface area contributed by atoms with E-state index in [0.717, 1.165) is 42.2 Å². The molecule has 1 aromatic heterocycles. The maximum absolute atomic E-state index is 12.7. The summed E-state index contributed by atoms with van der Waals surface area (Å²) in [6, 6.07) is 9.99. The fourth-order valence-electron chi connectivity index (χ4n) is 3.66. The van der Waals surface area contributed by atoms with E-state index in [4.69, 9.17) is 9.47 Å². The Bertz CT molecular complexity index is 848. The molecule has 156 valence electrons. The molecule has 2 heterocycles. The third-order valence-electron chi connectivity index (χ3n) is 5.35. The third-order valence-corrected chi connectivity index (χ3v) is 5.35. The lowest BCUT2D eigenvalue weighted by Crippen LogP contribution is -2.51. The molecule has 7 nitrogen and oxygen atoms in total. The van der Waals surface area contributed by atoms with Crippen LogP contribution >= 0.6 is 0 Å². The number of rotatable bonds is 6. The van der Waals surface area contributed by atoms with Gasteiger partial charge in [0.15, 0.2) is 0 Å². The maximum Gasteiger partial charge on any atom is 0.317 e. The van der Waals surface area contributed by atoms with Gasteiger partial charge in [0.05, 0.1) is 19.9 Å². The van der Waals surface area contributed by atoms with Crippen LogP contribution in [-0.2, 0) is 13.0 Å². The van der Waals surface area contributed by atoms with Crippen LogP contribution in [0.15, 0.2) is 30.3 Å². The Kier molecular flexibility index (Phi) is 6.80. The number of carbonyl (C=O) groups excluding carboxylic acids is 1. The predicted molar refractivity (Wildman–Crippen MR) is 114 cm³/mol. The lowest BCUT2D eigenvalue weighted by molar-refractivity contribution is 0.193. The topological polar surface area (TPSA) is 66.9 Å². The van der Waals surface area contributed by atoms with E-state index in [2.05, 4.69) is 34.3 Å². The number of pyridine rings is 1. The number of hydrogen-bond acceptors (Lipinski definition) is 5. The zero-order valence-corrected chi connectivity index (χ0v) is 17.7. The van der Waals surface area contributed by atoms with Crippen LogP contribution in [0.25, 0.3) is 0 Å². The molecule has 0 atom stereocenters. The minimum absolute atomic E-state index is 0.0645. The molecule has 1 N–H and O–H groups in total. The van der Waals surface area contributed by atoms with Crippen molar-refractivity contribution in [3.63, 3.8) is 0 Å². The second-order valence-corrected chi connectivity index (χ2v) is 7.06. The molecule has 2 aromatic rings. The summed E-state index contributed by atoms with van der Waals surface area (Å²) < 4.78 is 10.9. The van der Waals surface area contributed by atoms with Gasteiger partial charge in [-0.3, -0.25) is 0 Å². The smallest absolute Gasteiger partial charge is 0.317 e. The molecular weight excluding hydrogens is 368 g/mol. The second-order valence-electron chi connectivity index (χ2n) is 7.06. The van der Waals surface area contributed by atoms with Crippen LogP contribution in [0.4, 0.5) is 10.5 Å². The van der Waals surface area contributed by atoms with Crippen LogP contribution in [0.1, 0.15) is 23.7 Å². The number of nitrogens with zero attached hydrogens (tertiary/aromatic N) is 3. The fourth-order valence-corrected chi connectivity index (χ4v) is 3.66. The number of aromatic nitrogens is 1. The number of piperazine rings is 1. The van der Waals surface area contributed by atoms with Gasteiger partial charge in [-0.05, 0) is 37.1 Å². The van der Waals surface area contributed by atoms with Crippen LogP contribution in [0, 0.1) is 6.92 Å². The number of ether oxygens (including phenoxy) is 2. The van der Waals surface area contributed by atoms with Crippen molar-refractivity contribution in [1.29, 1.82) is 0 Å². The molecule has 2 amide bonds. The summed E-state index contributed by atoms with van der Waals surface area (Å²) in [6.07, 6.45) is 0.898. The summed E-state index contributed by atoms with van der Waals surface area (Å²) in [7, 11) is 3.29. The van der Waals surface area contributed by atoms with E-state index in [1.807, 2.05) is 30.0 Å². The highest BCUT2D eigenvalue weighted by atomic mass is 16.5. The average Bonchev–Trinajstić information content (AvgIpc) is 2.77. The number of anilines is 1. The highest BCUT2D eigenvalue weighted by Gasteiger charge is 2.23. The van der Waals surface area contributed by atoms with Crippen LogP contribution in [-0.4, -0.2) is 56.3 Å². The van der Waals surface area contributed by atoms with Crippen LogP contribution < -0.4 is 19.7 Å². The average molecular weight is 399 g/mol. The Balaban J connectivity index is 1.58. The van der Waals surface area contributed by atoms with Crippen molar-refractivity contribution in [2.45, 2.75) is 26.8 Å². The van der Waals surface area contributed by atoms with E-state index in [-0.39, 0.29) is 6.03 Å². The van der Waals surface area contributed by atoms with E-state index >= 15 is 0 Å². The van der Waals surface area contributed by atoms with E-state index in [9.17, 15) is 4.79 Å². The minimum Gasteiger partial charge on any atom is -0.495 e. The first-order valence-corrected chi connectivity index (χ1v) is 10.0. The van der Waals surface area contributed by atoms with Gasteiger partial charge >= 0.3 is 6.03 Å². The highest BCUT2D eigenvalue weighted by molar-refractivity contribution is 5.74. The number of hydrogen-bond donors (Lipinski definition) is 1. The molecule has 0 unspecified atom stereocenters. The lowest BCUT2D eigenvalue weighted by Gasteiger charge is -2.36. The van der Waals surface area contributed by atoms with E-state index in [0.29, 0.717) is 25.5 Å². The molecule has 3 rings (SSSR count). The third kappa shape index (κ3) is 4.72. The Labute approximate surface area is 172 Å². The van der Waals surface area contributed by atoms with Gasteiger partial charge in [0, 0.05) is 44.0 Å². The molecule has 1 fully saturated rings. The highest BCUT2D eigenvalue weighted by Crippen LogP contribution is 2.28. The van der Waals surface area contributed by atoms with Crippen molar-refractivity contribution in [2.24, 2.45) is 0 Å². The molecular formula is C22H30N4O3. The van der Waals surface area contributed by atoms with Gasteiger partial charge in [0.1, 0.15) is 5.75 Å². The Morgan fingerprint density at radius 2 is 1.83 bits per heavy atom. The zero-order chi connectivity index (χ0) is 20.8. The lowest BCUT2D eigenvalue weighted by atomic mass is 10.1. The normalized spacial score (nSPS) is 13.9. The largest absolute Gasteiger partial charge is 0.495 e. The molecule has 0 bridgehead atoms. The Morgan fingerprint density at radius 1 is 1.10 bits per heavy atom. The van der Waals surface area contributed by atoms with Gasteiger partial charge < -0.3 is 24.6 Å². The summed E-state index contributed by atoms with van der Waals surface area (Å²) in [5.74, 6) is 1.43. The second kappa shape index (κ2) is 9.49. The molecule has 0 aliphatic carbocycles. The number of urea groups is 1. The molecule has 0 radical (unpaired) electrons. The number of carbonyl (C=O) groups is 1. The van der Waals surface area contributed by atoms with Gasteiger partial charge in [-0.25, -0.2) is 9.78 Å². The predicted octanol–water partition coefficient (Wildman–Crippen LogP) is 3.00. The molecule has 1 saturated heterocycles. The first-order valence-electron chi connectivity index (χ1n) is 10.0. The van der Waals surface area contributed by atoms with Crippen molar-refractivity contribution in [2.75, 3.05) is 45.3 Å². The summed E-state index contributed by atoms with van der Waals surface area (Å²) in [4.78, 5) is 21.3. The molecule has 1 aromatic carbocycles. The van der Waals surface area contributed by atoms with Gasteiger partial charge in [0.2, 0.25) is 5.88 Å². The molecule has 0 spiro atoms. The van der Waals surface area contributed by atoms with Gasteiger partial charge in [0.25, 0.3) is 0 Å². The van der Waals surface area contributed by atoms with Crippen molar-refractivity contribution < 1.29 is 14.3 Å². The van der Waals surface area contributed by atoms with E-state index in [1.165, 1.54) is 5.56 Å². The van der Waals surface area contributed by atoms with Crippen LogP contribution in [0.2, 0.25) is 0 Å². The zero-order valence-electron chi connectivity index (χ0n) is 17.7. The Morgan fingerprint density at radius 3 is 2.48 bits per heavy atom. The van der Waals surface area contributed by atoms with Crippen LogP contribution in [0.5, 0.6) is 11.6 Å². The van der Waals surface area contributed by atoms with Gasteiger partial charge in [-0.1, -0.05) is 19.1 Å². The standard InChI is InChI=1S/C22H30N4O3/c1-5-17-14-18(21(29-4)24-16(17)2)15-23-22(27)26-12-10-25(11-13-26)19-8-6-7-9-20(19)28-3/h6-9,14H,5,10-13,15H2,1-4H3,(H,23,27). The number of amides is 2. The fraction of sp³-hybridized carbons (Fsp3) is 0.455. The molecule has 29 heavy (non-hydrogen) atoms. The molecule has 0 saturated carbocycles. The Hall–Kier alpha value is -2.96. The van der Waals surface area contributed by atoms with Gasteiger partial charge in [-0.2, -0.15) is 0 Å². The van der Waals surface area contributed by atoms with Gasteiger partial charge in [-0.15, -0.1) is 0 Å². The first-order chi connectivity index (χ1) is 14.1. The molecule has 1 aliphatic heterocycles. The van der Waals surface area contributed by atoms with Crippen molar-refractivity contribution in [3.05, 3.63) is 47.2 Å². The monoisotopic (exact) mass is 398 g/mol. The van der Waals surface area contributed by atoms with E-state index in [1.54, 1.807) is 14.2 Å². The molecule has 1 aliphatic rings. The van der Waals surface area contributed by atoms with Crippen molar-refractivity contribution in [3.8, 4) is 11.6 Å². The first kappa shape index (κ1) is 20.8. The summed E-state index contributed by atoms with van der Waals surface area (Å²) in [5, 5.41) is 3.02. The quantitative estimate of drug-likeness (QED) is 0.810. The molecule has 7 heteroatoms. The summed E-state index contributed by atoms with van der Waals surface area (Å²) >= 11 is 0.